The molecule has 1 heterocycles. The van der Waals surface area contributed by atoms with Crippen LogP contribution in [0.1, 0.15) is 39.9 Å². The number of benzene rings is 1. The van der Waals surface area contributed by atoms with E-state index in [2.05, 4.69) is 15.6 Å². The Morgan fingerprint density at radius 1 is 1.21 bits per heavy atom. The second-order valence-electron chi connectivity index (χ2n) is 6.99. The molecule has 0 radical (unpaired) electrons. The molecule has 24 heavy (non-hydrogen) atoms. The van der Waals surface area contributed by atoms with Crippen LogP contribution in [-0.4, -0.2) is 33.4 Å². The number of rotatable bonds is 6. The molecule has 0 saturated carbocycles. The molecule has 0 aliphatic rings. The third-order valence-electron chi connectivity index (χ3n) is 3.50. The van der Waals surface area contributed by atoms with Crippen molar-refractivity contribution in [1.82, 2.24) is 20.2 Å². The smallest absolute Gasteiger partial charge is 0.240 e. The standard InChI is InChI=1S/C18H26N4O2/c1-13(23)19-11-7-10-16-20-14-8-5-6-9-15(14)22(16)12-17(24)21-18(2,3)4/h5-6,8-9H,7,10-12H2,1-4H3,(H,19,23)(H,21,24). The Hall–Kier alpha value is -2.37. The lowest BCUT2D eigenvalue weighted by atomic mass is 10.1. The third-order valence-corrected chi connectivity index (χ3v) is 3.50. The van der Waals surface area contributed by atoms with E-state index in [1.54, 1.807) is 0 Å². The van der Waals surface area contributed by atoms with Gasteiger partial charge in [-0.2, -0.15) is 0 Å². The fraction of sp³-hybridized carbons (Fsp3) is 0.500. The minimum Gasteiger partial charge on any atom is -0.356 e. The van der Waals surface area contributed by atoms with Crippen molar-refractivity contribution in [3.8, 4) is 0 Å². The highest BCUT2D eigenvalue weighted by Gasteiger charge is 2.17. The Kier molecular flexibility index (Phi) is 5.59. The first-order valence-electron chi connectivity index (χ1n) is 8.26. The Morgan fingerprint density at radius 2 is 1.92 bits per heavy atom. The van der Waals surface area contributed by atoms with E-state index < -0.39 is 0 Å². The maximum absolute atomic E-state index is 12.3. The van der Waals surface area contributed by atoms with Gasteiger partial charge in [0.15, 0.2) is 0 Å². The summed E-state index contributed by atoms with van der Waals surface area (Å²) < 4.78 is 1.96. The largest absolute Gasteiger partial charge is 0.356 e. The minimum atomic E-state index is -0.265. The molecule has 0 bridgehead atoms. The number of carbonyl (C=O) groups is 2. The van der Waals surface area contributed by atoms with Gasteiger partial charge in [0.25, 0.3) is 0 Å². The van der Waals surface area contributed by atoms with Crippen molar-refractivity contribution in [1.29, 1.82) is 0 Å². The number of carbonyl (C=O) groups excluding carboxylic acids is 2. The summed E-state index contributed by atoms with van der Waals surface area (Å²) in [6.45, 7) is 8.24. The summed E-state index contributed by atoms with van der Waals surface area (Å²) in [5.41, 5.74) is 1.57. The van der Waals surface area contributed by atoms with Crippen LogP contribution in [0.2, 0.25) is 0 Å². The number of fused-ring (bicyclic) bond motifs is 1. The lowest BCUT2D eigenvalue weighted by Crippen LogP contribution is -2.42. The van der Waals surface area contributed by atoms with Crippen LogP contribution in [0.5, 0.6) is 0 Å². The van der Waals surface area contributed by atoms with Crippen molar-refractivity contribution in [2.75, 3.05) is 6.54 Å². The van der Waals surface area contributed by atoms with Crippen LogP contribution >= 0.6 is 0 Å². The van der Waals surface area contributed by atoms with Crippen LogP contribution in [0.25, 0.3) is 11.0 Å². The summed E-state index contributed by atoms with van der Waals surface area (Å²) in [5.74, 6) is 0.799. The molecule has 0 fully saturated rings. The van der Waals surface area contributed by atoms with Gasteiger partial charge in [-0.1, -0.05) is 12.1 Å². The maximum atomic E-state index is 12.3. The summed E-state index contributed by atoms with van der Waals surface area (Å²) in [4.78, 5) is 27.9. The average molecular weight is 330 g/mol. The Labute approximate surface area is 142 Å². The Balaban J connectivity index is 2.17. The highest BCUT2D eigenvalue weighted by molar-refractivity contribution is 5.81. The predicted molar refractivity (Wildman–Crippen MR) is 94.6 cm³/mol. The third kappa shape index (κ3) is 5.08. The SMILES string of the molecule is CC(=O)NCCCc1nc2ccccc2n1CC(=O)NC(C)(C)C. The molecule has 2 N–H and O–H groups in total. The van der Waals surface area contributed by atoms with E-state index in [0.29, 0.717) is 13.0 Å². The van der Waals surface area contributed by atoms with E-state index in [0.717, 1.165) is 23.3 Å². The monoisotopic (exact) mass is 330 g/mol. The quantitative estimate of drug-likeness (QED) is 0.796. The summed E-state index contributed by atoms with van der Waals surface area (Å²) in [7, 11) is 0. The van der Waals surface area contributed by atoms with Gasteiger partial charge < -0.3 is 15.2 Å². The number of hydrogen-bond donors (Lipinski definition) is 2. The highest BCUT2D eigenvalue weighted by Crippen LogP contribution is 2.17. The molecular formula is C18H26N4O2. The molecule has 1 aromatic heterocycles. The number of para-hydroxylation sites is 2. The van der Waals surface area contributed by atoms with Crippen LogP contribution in [0.3, 0.4) is 0 Å². The van der Waals surface area contributed by atoms with Gasteiger partial charge in [0.1, 0.15) is 12.4 Å². The molecule has 130 valence electrons. The molecule has 2 amide bonds. The Morgan fingerprint density at radius 3 is 2.58 bits per heavy atom. The summed E-state index contributed by atoms with van der Waals surface area (Å²) in [6, 6.07) is 7.81. The maximum Gasteiger partial charge on any atom is 0.240 e. The van der Waals surface area contributed by atoms with E-state index in [1.807, 2.05) is 49.6 Å². The molecule has 0 aliphatic carbocycles. The number of aryl methyl sites for hydroxylation is 1. The van der Waals surface area contributed by atoms with E-state index in [4.69, 9.17) is 0 Å². The van der Waals surface area contributed by atoms with Crippen LogP contribution in [0.4, 0.5) is 0 Å². The van der Waals surface area contributed by atoms with Gasteiger partial charge in [-0.05, 0) is 39.3 Å². The second kappa shape index (κ2) is 7.47. The van der Waals surface area contributed by atoms with Gasteiger partial charge in [-0.25, -0.2) is 4.98 Å². The van der Waals surface area contributed by atoms with E-state index in [9.17, 15) is 9.59 Å². The molecule has 0 aliphatic heterocycles. The molecule has 2 rings (SSSR count). The zero-order valence-corrected chi connectivity index (χ0v) is 14.8. The van der Waals surface area contributed by atoms with Crippen molar-refractivity contribution in [3.63, 3.8) is 0 Å². The summed E-state index contributed by atoms with van der Waals surface area (Å²) >= 11 is 0. The average Bonchev–Trinajstić information content (AvgIpc) is 2.79. The molecule has 0 unspecified atom stereocenters. The minimum absolute atomic E-state index is 0.0336. The van der Waals surface area contributed by atoms with E-state index in [1.165, 1.54) is 6.92 Å². The zero-order valence-electron chi connectivity index (χ0n) is 14.8. The first-order chi connectivity index (χ1) is 11.3. The van der Waals surface area contributed by atoms with Crippen LogP contribution in [-0.2, 0) is 22.6 Å². The van der Waals surface area contributed by atoms with Crippen molar-refractivity contribution in [2.45, 2.75) is 52.6 Å². The highest BCUT2D eigenvalue weighted by atomic mass is 16.2. The lowest BCUT2D eigenvalue weighted by Gasteiger charge is -2.21. The van der Waals surface area contributed by atoms with Gasteiger partial charge >= 0.3 is 0 Å². The fourth-order valence-corrected chi connectivity index (χ4v) is 2.60. The van der Waals surface area contributed by atoms with Gasteiger partial charge in [0.2, 0.25) is 11.8 Å². The first kappa shape index (κ1) is 18.0. The molecule has 0 saturated heterocycles. The van der Waals surface area contributed by atoms with Gasteiger partial charge in [0.05, 0.1) is 11.0 Å². The molecular weight excluding hydrogens is 304 g/mol. The molecule has 2 aromatic rings. The Bertz CT molecular complexity index is 728. The number of hydrogen-bond acceptors (Lipinski definition) is 3. The molecule has 6 nitrogen and oxygen atoms in total. The van der Waals surface area contributed by atoms with Gasteiger partial charge in [0, 0.05) is 25.4 Å². The molecule has 0 spiro atoms. The summed E-state index contributed by atoms with van der Waals surface area (Å²) in [6.07, 6.45) is 1.49. The van der Waals surface area contributed by atoms with Gasteiger partial charge in [-0.15, -0.1) is 0 Å². The van der Waals surface area contributed by atoms with Crippen LogP contribution in [0.15, 0.2) is 24.3 Å². The van der Waals surface area contributed by atoms with Crippen LogP contribution in [0, 0.1) is 0 Å². The normalized spacial score (nSPS) is 11.5. The number of aromatic nitrogens is 2. The van der Waals surface area contributed by atoms with Crippen molar-refractivity contribution in [3.05, 3.63) is 30.1 Å². The molecule has 1 aromatic carbocycles. The van der Waals surface area contributed by atoms with E-state index in [-0.39, 0.29) is 23.9 Å². The molecule has 6 heteroatoms. The number of nitrogens with one attached hydrogen (secondary N) is 2. The van der Waals surface area contributed by atoms with Gasteiger partial charge in [-0.3, -0.25) is 9.59 Å². The first-order valence-corrected chi connectivity index (χ1v) is 8.26. The lowest BCUT2D eigenvalue weighted by molar-refractivity contribution is -0.123. The van der Waals surface area contributed by atoms with Crippen molar-refractivity contribution in [2.24, 2.45) is 0 Å². The number of imidazole rings is 1. The summed E-state index contributed by atoms with van der Waals surface area (Å²) in [5, 5.41) is 5.77. The van der Waals surface area contributed by atoms with Crippen molar-refractivity contribution >= 4 is 22.8 Å². The van der Waals surface area contributed by atoms with E-state index >= 15 is 0 Å². The fourth-order valence-electron chi connectivity index (χ4n) is 2.60. The second-order valence-corrected chi connectivity index (χ2v) is 6.99. The topological polar surface area (TPSA) is 76.0 Å². The number of amides is 2. The predicted octanol–water partition coefficient (Wildman–Crippen LogP) is 2.02. The zero-order chi connectivity index (χ0) is 17.7. The molecule has 0 atom stereocenters. The van der Waals surface area contributed by atoms with Crippen molar-refractivity contribution < 1.29 is 9.59 Å². The van der Waals surface area contributed by atoms with Crippen LogP contribution < -0.4 is 10.6 Å². The number of nitrogens with zero attached hydrogens (tertiary/aromatic N) is 2.